The number of hydrogen-bond donors (Lipinski definition) is 0. The summed E-state index contributed by atoms with van der Waals surface area (Å²) in [6.45, 7) is 12.9. The van der Waals surface area contributed by atoms with Crippen LogP contribution >= 0.6 is 0 Å². The van der Waals surface area contributed by atoms with Crippen LogP contribution in [0.3, 0.4) is 0 Å². The molecule has 0 N–H and O–H groups in total. The van der Waals surface area contributed by atoms with Gasteiger partial charge in [0, 0.05) is 12.2 Å². The molecule has 2 radical (unpaired) electrons. The second-order valence-electron chi connectivity index (χ2n) is 4.85. The average Bonchev–Trinajstić information content (AvgIpc) is 2.24. The number of rotatable bonds is 9. The largest absolute Gasteiger partial charge is 0.462 e. The van der Waals surface area contributed by atoms with Gasteiger partial charge in [-0.15, -0.1) is 0 Å². The Labute approximate surface area is 108 Å². The third-order valence-electron chi connectivity index (χ3n) is 2.26. The van der Waals surface area contributed by atoms with Gasteiger partial charge in [-0.1, -0.05) is 33.8 Å². The van der Waals surface area contributed by atoms with Gasteiger partial charge in [0.05, 0.1) is 6.61 Å². The van der Waals surface area contributed by atoms with Crippen molar-refractivity contribution in [3.05, 3.63) is 12.2 Å². The van der Waals surface area contributed by atoms with Crippen molar-refractivity contribution in [3.8, 4) is 0 Å². The lowest BCUT2D eigenvalue weighted by Crippen LogP contribution is -2.20. The van der Waals surface area contributed by atoms with E-state index in [1.807, 2.05) is 0 Å². The molecule has 0 saturated carbocycles. The van der Waals surface area contributed by atoms with E-state index in [2.05, 4.69) is 27.4 Å². The highest BCUT2D eigenvalue weighted by atomic mass is 28.2. The molecule has 0 amide bonds. The number of esters is 1. The summed E-state index contributed by atoms with van der Waals surface area (Å²) >= 11 is 0. The first-order valence-electron chi connectivity index (χ1n) is 6.10. The van der Waals surface area contributed by atoms with Crippen molar-refractivity contribution in [3.63, 3.8) is 0 Å². The predicted octanol–water partition coefficient (Wildman–Crippen LogP) is 3.13. The topological polar surface area (TPSA) is 35.5 Å². The van der Waals surface area contributed by atoms with E-state index < -0.39 is 0 Å². The number of carbonyl (C=O) groups excluding carboxylic acids is 1. The summed E-state index contributed by atoms with van der Waals surface area (Å²) in [6, 6.07) is 0. The first-order valence-corrected chi connectivity index (χ1v) is 7.01. The summed E-state index contributed by atoms with van der Waals surface area (Å²) in [4.78, 5) is 11.2. The fourth-order valence-corrected chi connectivity index (χ4v) is 1.88. The molecule has 0 rings (SSSR count). The van der Waals surface area contributed by atoms with Crippen molar-refractivity contribution in [2.45, 2.75) is 52.0 Å². The zero-order valence-corrected chi connectivity index (χ0v) is 12.5. The van der Waals surface area contributed by atoms with Crippen molar-refractivity contribution in [1.82, 2.24) is 0 Å². The number of unbranched alkanes of at least 4 members (excludes halogenated alkanes) is 1. The molecule has 4 heteroatoms. The van der Waals surface area contributed by atoms with Gasteiger partial charge >= 0.3 is 5.97 Å². The zero-order valence-electron chi connectivity index (χ0n) is 11.5. The van der Waals surface area contributed by atoms with Gasteiger partial charge in [0.2, 0.25) is 9.76 Å². The number of hydrogen-bond acceptors (Lipinski definition) is 3. The minimum absolute atomic E-state index is 0.0725. The van der Waals surface area contributed by atoms with Crippen molar-refractivity contribution >= 4 is 15.7 Å². The highest BCUT2D eigenvalue weighted by Crippen LogP contribution is 2.27. The predicted molar refractivity (Wildman–Crippen MR) is 71.0 cm³/mol. The molecule has 0 aromatic carbocycles. The Morgan fingerprint density at radius 2 is 2.00 bits per heavy atom. The average molecular weight is 256 g/mol. The van der Waals surface area contributed by atoms with Crippen LogP contribution in [0.4, 0.5) is 0 Å². The van der Waals surface area contributed by atoms with E-state index in [9.17, 15) is 4.79 Å². The van der Waals surface area contributed by atoms with Crippen LogP contribution < -0.4 is 0 Å². The Hall–Kier alpha value is -0.613. The molecule has 0 unspecified atom stereocenters. The third-order valence-corrected chi connectivity index (χ3v) is 3.41. The fraction of sp³-hybridized carbons (Fsp3) is 0.769. The molecule has 0 heterocycles. The van der Waals surface area contributed by atoms with Crippen LogP contribution in [-0.2, 0) is 14.0 Å². The number of ether oxygens (including phenoxy) is 1. The molecular formula is C13H24O3Si. The molecule has 3 nitrogen and oxygen atoms in total. The van der Waals surface area contributed by atoms with Gasteiger partial charge in [0.15, 0.2) is 0 Å². The molecule has 0 aliphatic heterocycles. The normalized spacial score (nSPS) is 11.3. The Balaban J connectivity index is 3.70. The molecule has 0 spiro atoms. The first kappa shape index (κ1) is 16.4. The standard InChI is InChI=1S/C13H24O3Si/c1-6-7-9-16-17-13(4,5)8-10-15-12(14)11(2)3/h2,6-10H2,1,3-5H3. The maximum absolute atomic E-state index is 11.2. The molecule has 0 aromatic rings. The molecule has 0 aliphatic carbocycles. The quantitative estimate of drug-likeness (QED) is 0.275. The lowest BCUT2D eigenvalue weighted by Gasteiger charge is -2.22. The van der Waals surface area contributed by atoms with Gasteiger partial charge in [0.1, 0.15) is 0 Å². The van der Waals surface area contributed by atoms with Crippen LogP contribution in [0.2, 0.25) is 5.04 Å². The summed E-state index contributed by atoms with van der Waals surface area (Å²) < 4.78 is 10.7. The van der Waals surface area contributed by atoms with Crippen molar-refractivity contribution in [2.24, 2.45) is 0 Å². The second kappa shape index (κ2) is 8.47. The van der Waals surface area contributed by atoms with E-state index in [1.54, 1.807) is 6.92 Å². The van der Waals surface area contributed by atoms with Gasteiger partial charge in [-0.25, -0.2) is 4.79 Å². The summed E-state index contributed by atoms with van der Waals surface area (Å²) in [5.74, 6) is -0.309. The lowest BCUT2D eigenvalue weighted by atomic mass is 10.1. The van der Waals surface area contributed by atoms with Gasteiger partial charge in [-0.3, -0.25) is 0 Å². The molecular weight excluding hydrogens is 232 g/mol. The maximum atomic E-state index is 11.2. The van der Waals surface area contributed by atoms with Crippen LogP contribution in [0, 0.1) is 0 Å². The molecule has 98 valence electrons. The zero-order chi connectivity index (χ0) is 13.3. The van der Waals surface area contributed by atoms with Crippen LogP contribution in [0.1, 0.15) is 47.0 Å². The molecule has 0 fully saturated rings. The minimum atomic E-state index is -0.309. The highest BCUT2D eigenvalue weighted by Gasteiger charge is 2.21. The molecule has 0 bridgehead atoms. The summed E-state index contributed by atoms with van der Waals surface area (Å²) in [5.41, 5.74) is 0.449. The van der Waals surface area contributed by atoms with Gasteiger partial charge in [-0.05, 0) is 24.8 Å². The summed E-state index contributed by atoms with van der Waals surface area (Å²) in [6.07, 6.45) is 3.07. The monoisotopic (exact) mass is 256 g/mol. The Morgan fingerprint density at radius 1 is 1.35 bits per heavy atom. The van der Waals surface area contributed by atoms with E-state index in [0.717, 1.165) is 25.9 Å². The maximum Gasteiger partial charge on any atom is 0.333 e. The fourth-order valence-electron chi connectivity index (χ4n) is 1.04. The SMILES string of the molecule is C=C(C)C(=O)OCCC(C)(C)[Si]OCCCC. The van der Waals surface area contributed by atoms with Gasteiger partial charge in [0.25, 0.3) is 0 Å². The smallest absolute Gasteiger partial charge is 0.333 e. The van der Waals surface area contributed by atoms with Gasteiger partial charge < -0.3 is 9.16 Å². The first-order chi connectivity index (χ1) is 7.89. The van der Waals surface area contributed by atoms with E-state index in [1.165, 1.54) is 0 Å². The van der Waals surface area contributed by atoms with Crippen molar-refractivity contribution in [2.75, 3.05) is 13.2 Å². The van der Waals surface area contributed by atoms with Crippen LogP contribution in [-0.4, -0.2) is 28.9 Å². The lowest BCUT2D eigenvalue weighted by molar-refractivity contribution is -0.139. The molecule has 0 atom stereocenters. The van der Waals surface area contributed by atoms with E-state index in [4.69, 9.17) is 9.16 Å². The van der Waals surface area contributed by atoms with Crippen LogP contribution in [0.5, 0.6) is 0 Å². The van der Waals surface area contributed by atoms with Crippen molar-refractivity contribution < 1.29 is 14.0 Å². The van der Waals surface area contributed by atoms with E-state index in [0.29, 0.717) is 21.9 Å². The second-order valence-corrected chi connectivity index (χ2v) is 6.70. The highest BCUT2D eigenvalue weighted by molar-refractivity contribution is 6.31. The summed E-state index contributed by atoms with van der Waals surface area (Å²) in [7, 11) is 0.453. The molecule has 0 saturated heterocycles. The Kier molecular flexibility index (Phi) is 8.17. The van der Waals surface area contributed by atoms with Crippen LogP contribution in [0.25, 0.3) is 0 Å². The van der Waals surface area contributed by atoms with Crippen LogP contribution in [0.15, 0.2) is 12.2 Å². The van der Waals surface area contributed by atoms with E-state index >= 15 is 0 Å². The Bertz CT molecular complexity index is 249. The summed E-state index contributed by atoms with van der Waals surface area (Å²) in [5, 5.41) is 0.0725. The molecule has 17 heavy (non-hydrogen) atoms. The number of carbonyl (C=O) groups is 1. The molecule has 0 aromatic heterocycles. The molecule has 0 aliphatic rings. The third kappa shape index (κ3) is 9.12. The van der Waals surface area contributed by atoms with E-state index in [-0.39, 0.29) is 11.0 Å². The van der Waals surface area contributed by atoms with Crippen molar-refractivity contribution in [1.29, 1.82) is 0 Å². The van der Waals surface area contributed by atoms with Gasteiger partial charge in [-0.2, -0.15) is 0 Å². The minimum Gasteiger partial charge on any atom is -0.462 e. The Morgan fingerprint density at radius 3 is 2.53 bits per heavy atom.